The highest BCUT2D eigenvalue weighted by Gasteiger charge is 1.64. The van der Waals surface area contributed by atoms with Gasteiger partial charge < -0.3 is 0 Å². The highest BCUT2D eigenvalue weighted by atomic mass is 14.2. The molecule has 0 saturated carbocycles. The molecule has 0 amide bonds. The molecular weight excluding hydrogens is 98.1 g/mol. The van der Waals surface area contributed by atoms with Gasteiger partial charge in [-0.1, -0.05) is 24.3 Å². The first kappa shape index (κ1) is 6.97. The molecule has 8 heavy (non-hydrogen) atoms. The van der Waals surface area contributed by atoms with Gasteiger partial charge in [-0.2, -0.15) is 5.26 Å². The Morgan fingerprint density at radius 3 is 2.75 bits per heavy atom. The lowest BCUT2D eigenvalue weighted by Crippen LogP contribution is -1.53. The zero-order chi connectivity index (χ0) is 6.24. The second-order valence-corrected chi connectivity index (χ2v) is 1.32. The van der Waals surface area contributed by atoms with Crippen molar-refractivity contribution in [2.24, 2.45) is 0 Å². The third kappa shape index (κ3) is 4.97. The largest absolute Gasteiger partial charge is 0.198 e. The number of hydrogen-bond acceptors (Lipinski definition) is 1. The lowest BCUT2D eigenvalue weighted by Gasteiger charge is -1.68. The van der Waals surface area contributed by atoms with Crippen molar-refractivity contribution < 1.29 is 0 Å². The molecule has 0 aromatic carbocycles. The average Bonchev–Trinajstić information content (AvgIpc) is 1.81. The molecule has 42 valence electrons. The SMILES string of the molecule is C/C=C/C=CCC#N. The van der Waals surface area contributed by atoms with E-state index in [9.17, 15) is 0 Å². The van der Waals surface area contributed by atoms with Crippen LogP contribution >= 0.6 is 0 Å². The number of nitrogens with zero attached hydrogens (tertiary/aromatic N) is 1. The molecule has 1 nitrogen and oxygen atoms in total. The predicted octanol–water partition coefficient (Wildman–Crippen LogP) is 2.03. The number of allylic oxidation sites excluding steroid dienone is 4. The van der Waals surface area contributed by atoms with Gasteiger partial charge in [0.1, 0.15) is 0 Å². The van der Waals surface area contributed by atoms with Crippen LogP contribution in [0.5, 0.6) is 0 Å². The molecule has 0 unspecified atom stereocenters. The Labute approximate surface area is 49.9 Å². The van der Waals surface area contributed by atoms with Crippen molar-refractivity contribution in [3.63, 3.8) is 0 Å². The molecule has 0 aromatic heterocycles. The Balaban J connectivity index is 3.24. The highest BCUT2D eigenvalue weighted by Crippen LogP contribution is 1.79. The van der Waals surface area contributed by atoms with Crippen LogP contribution in [0.1, 0.15) is 13.3 Å². The van der Waals surface area contributed by atoms with Gasteiger partial charge in [-0.05, 0) is 6.92 Å². The van der Waals surface area contributed by atoms with Crippen LogP contribution in [-0.4, -0.2) is 0 Å². The van der Waals surface area contributed by atoms with E-state index in [1.807, 2.05) is 37.3 Å². The van der Waals surface area contributed by atoms with Crippen LogP contribution in [0.25, 0.3) is 0 Å². The van der Waals surface area contributed by atoms with E-state index in [2.05, 4.69) is 0 Å². The fourth-order valence-electron chi connectivity index (χ4n) is 0.310. The van der Waals surface area contributed by atoms with E-state index in [1.54, 1.807) is 0 Å². The quantitative estimate of drug-likeness (QED) is 0.495. The molecule has 0 aliphatic heterocycles. The molecule has 0 saturated heterocycles. The first-order valence-corrected chi connectivity index (χ1v) is 2.56. The van der Waals surface area contributed by atoms with E-state index in [-0.39, 0.29) is 0 Å². The molecule has 0 aromatic rings. The van der Waals surface area contributed by atoms with Gasteiger partial charge in [-0.15, -0.1) is 0 Å². The number of hydrogen-bond donors (Lipinski definition) is 0. The summed E-state index contributed by atoms with van der Waals surface area (Å²) in [5.41, 5.74) is 0. The molecule has 1 heteroatoms. The van der Waals surface area contributed by atoms with Gasteiger partial charge in [-0.25, -0.2) is 0 Å². The molecule has 0 aliphatic carbocycles. The summed E-state index contributed by atoms with van der Waals surface area (Å²) in [4.78, 5) is 0. The Morgan fingerprint density at radius 2 is 2.25 bits per heavy atom. The molecule has 0 spiro atoms. The third-order valence-electron chi connectivity index (χ3n) is 0.649. The topological polar surface area (TPSA) is 23.8 Å². The van der Waals surface area contributed by atoms with E-state index in [4.69, 9.17) is 5.26 Å². The van der Waals surface area contributed by atoms with Crippen LogP contribution < -0.4 is 0 Å². The van der Waals surface area contributed by atoms with Gasteiger partial charge in [0.2, 0.25) is 0 Å². The van der Waals surface area contributed by atoms with Crippen LogP contribution in [0.4, 0.5) is 0 Å². The number of rotatable bonds is 2. The minimum atomic E-state index is 0.504. The fraction of sp³-hybridized carbons (Fsp3) is 0.286. The van der Waals surface area contributed by atoms with Crippen LogP contribution in [0.3, 0.4) is 0 Å². The van der Waals surface area contributed by atoms with Crippen molar-refractivity contribution >= 4 is 0 Å². The smallest absolute Gasteiger partial charge is 0.0663 e. The van der Waals surface area contributed by atoms with Crippen LogP contribution in [0, 0.1) is 11.3 Å². The molecule has 0 heterocycles. The maximum absolute atomic E-state index is 8.04. The zero-order valence-corrected chi connectivity index (χ0v) is 4.96. The van der Waals surface area contributed by atoms with Crippen LogP contribution in [0.15, 0.2) is 24.3 Å². The summed E-state index contributed by atoms with van der Waals surface area (Å²) in [6.07, 6.45) is 8.01. The molecule has 0 N–H and O–H groups in total. The maximum Gasteiger partial charge on any atom is 0.0663 e. The summed E-state index contributed by atoms with van der Waals surface area (Å²) in [6.45, 7) is 1.94. The van der Waals surface area contributed by atoms with E-state index >= 15 is 0 Å². The maximum atomic E-state index is 8.04. The summed E-state index contributed by atoms with van der Waals surface area (Å²) in [6, 6.07) is 2.01. The van der Waals surface area contributed by atoms with Gasteiger partial charge in [-0.3, -0.25) is 0 Å². The minimum Gasteiger partial charge on any atom is -0.198 e. The fourth-order valence-corrected chi connectivity index (χ4v) is 0.310. The van der Waals surface area contributed by atoms with Crippen molar-refractivity contribution in [1.82, 2.24) is 0 Å². The van der Waals surface area contributed by atoms with Crippen molar-refractivity contribution in [2.45, 2.75) is 13.3 Å². The van der Waals surface area contributed by atoms with Gasteiger partial charge in [0.15, 0.2) is 0 Å². The van der Waals surface area contributed by atoms with Crippen molar-refractivity contribution in [3.05, 3.63) is 24.3 Å². The molecule has 0 bridgehead atoms. The highest BCUT2D eigenvalue weighted by molar-refractivity contribution is 5.03. The van der Waals surface area contributed by atoms with Gasteiger partial charge in [0, 0.05) is 0 Å². The van der Waals surface area contributed by atoms with Gasteiger partial charge in [0.25, 0.3) is 0 Å². The molecule has 0 radical (unpaired) electrons. The van der Waals surface area contributed by atoms with Crippen molar-refractivity contribution in [2.75, 3.05) is 0 Å². The molecule has 0 fully saturated rings. The van der Waals surface area contributed by atoms with E-state index in [0.29, 0.717) is 6.42 Å². The van der Waals surface area contributed by atoms with Crippen LogP contribution in [-0.2, 0) is 0 Å². The van der Waals surface area contributed by atoms with Crippen LogP contribution in [0.2, 0.25) is 0 Å². The van der Waals surface area contributed by atoms with Gasteiger partial charge >= 0.3 is 0 Å². The Morgan fingerprint density at radius 1 is 1.50 bits per heavy atom. The van der Waals surface area contributed by atoms with E-state index in [1.165, 1.54) is 0 Å². The third-order valence-corrected chi connectivity index (χ3v) is 0.649. The first-order valence-electron chi connectivity index (χ1n) is 2.56. The van der Waals surface area contributed by atoms with Gasteiger partial charge in [0.05, 0.1) is 12.5 Å². The monoisotopic (exact) mass is 107 g/mol. The van der Waals surface area contributed by atoms with E-state index < -0.39 is 0 Å². The second-order valence-electron chi connectivity index (χ2n) is 1.32. The summed E-state index contributed by atoms with van der Waals surface area (Å²) in [5, 5.41) is 8.04. The summed E-state index contributed by atoms with van der Waals surface area (Å²) < 4.78 is 0. The minimum absolute atomic E-state index is 0.504. The normalized spacial score (nSPS) is 10.5. The molecular formula is C7H9N. The standard InChI is InChI=1S/C7H9N/c1-2-3-4-5-6-7-8/h2-5H,6H2,1H3/b3-2+,5-4?. The lowest BCUT2D eigenvalue weighted by atomic mass is 10.4. The summed E-state index contributed by atoms with van der Waals surface area (Å²) in [5.74, 6) is 0. The zero-order valence-electron chi connectivity index (χ0n) is 4.96. The predicted molar refractivity (Wildman–Crippen MR) is 34.2 cm³/mol. The first-order chi connectivity index (χ1) is 3.91. The molecule has 0 aliphatic rings. The average molecular weight is 107 g/mol. The molecule has 0 rings (SSSR count). The lowest BCUT2D eigenvalue weighted by molar-refractivity contribution is 1.35. The van der Waals surface area contributed by atoms with E-state index in [0.717, 1.165) is 0 Å². The summed E-state index contributed by atoms with van der Waals surface area (Å²) in [7, 11) is 0. The number of nitriles is 1. The Kier molecular flexibility index (Phi) is 5.20. The van der Waals surface area contributed by atoms with Crippen molar-refractivity contribution in [3.8, 4) is 6.07 Å². The summed E-state index contributed by atoms with van der Waals surface area (Å²) >= 11 is 0. The Bertz CT molecular complexity index is 126. The second kappa shape index (κ2) is 5.97. The molecule has 0 atom stereocenters. The van der Waals surface area contributed by atoms with Crippen molar-refractivity contribution in [1.29, 1.82) is 5.26 Å². The Hall–Kier alpha value is -1.03.